The SMILES string of the molecule is CCCN(CCO)Cc1cccc2cccnc12. The zero-order valence-corrected chi connectivity index (χ0v) is 10.8. The average molecular weight is 244 g/mol. The highest BCUT2D eigenvalue weighted by atomic mass is 16.3. The van der Waals surface area contributed by atoms with Crippen molar-refractivity contribution < 1.29 is 5.11 Å². The maximum absolute atomic E-state index is 9.10. The van der Waals surface area contributed by atoms with E-state index < -0.39 is 0 Å². The molecule has 0 spiro atoms. The lowest BCUT2D eigenvalue weighted by Gasteiger charge is -2.21. The van der Waals surface area contributed by atoms with E-state index >= 15 is 0 Å². The van der Waals surface area contributed by atoms with Gasteiger partial charge < -0.3 is 5.11 Å². The summed E-state index contributed by atoms with van der Waals surface area (Å²) >= 11 is 0. The number of hydrogen-bond acceptors (Lipinski definition) is 3. The van der Waals surface area contributed by atoms with Crippen LogP contribution in [0.25, 0.3) is 10.9 Å². The van der Waals surface area contributed by atoms with Crippen molar-refractivity contribution in [2.45, 2.75) is 19.9 Å². The van der Waals surface area contributed by atoms with Crippen LogP contribution in [0.4, 0.5) is 0 Å². The van der Waals surface area contributed by atoms with Crippen LogP contribution in [-0.4, -0.2) is 34.7 Å². The summed E-state index contributed by atoms with van der Waals surface area (Å²) in [7, 11) is 0. The van der Waals surface area contributed by atoms with Gasteiger partial charge in [-0.05, 0) is 24.6 Å². The number of pyridine rings is 1. The Bertz CT molecular complexity index is 487. The molecular weight excluding hydrogens is 224 g/mol. The summed E-state index contributed by atoms with van der Waals surface area (Å²) in [5.41, 5.74) is 2.30. The maximum atomic E-state index is 9.10. The molecule has 3 heteroatoms. The molecule has 1 aromatic carbocycles. The first-order chi connectivity index (χ1) is 8.85. The van der Waals surface area contributed by atoms with Crippen molar-refractivity contribution in [3.63, 3.8) is 0 Å². The molecule has 1 N–H and O–H groups in total. The Kier molecular flexibility index (Phi) is 4.67. The average Bonchev–Trinajstić information content (AvgIpc) is 2.40. The van der Waals surface area contributed by atoms with Crippen LogP contribution < -0.4 is 0 Å². The van der Waals surface area contributed by atoms with E-state index in [4.69, 9.17) is 5.11 Å². The van der Waals surface area contributed by atoms with Crippen LogP contribution in [0.15, 0.2) is 36.5 Å². The molecule has 0 aliphatic heterocycles. The number of aliphatic hydroxyl groups is 1. The molecule has 0 bridgehead atoms. The van der Waals surface area contributed by atoms with Gasteiger partial charge in [-0.25, -0.2) is 0 Å². The van der Waals surface area contributed by atoms with Crippen LogP contribution in [-0.2, 0) is 6.54 Å². The third-order valence-electron chi connectivity index (χ3n) is 3.07. The third kappa shape index (κ3) is 3.06. The number of hydrogen-bond donors (Lipinski definition) is 1. The zero-order chi connectivity index (χ0) is 12.8. The quantitative estimate of drug-likeness (QED) is 0.848. The Morgan fingerprint density at radius 2 is 2.00 bits per heavy atom. The maximum Gasteiger partial charge on any atom is 0.0746 e. The van der Waals surface area contributed by atoms with Gasteiger partial charge in [0.05, 0.1) is 12.1 Å². The van der Waals surface area contributed by atoms with E-state index in [9.17, 15) is 0 Å². The minimum atomic E-state index is 0.207. The number of benzene rings is 1. The van der Waals surface area contributed by atoms with Crippen LogP contribution in [0.5, 0.6) is 0 Å². The summed E-state index contributed by atoms with van der Waals surface area (Å²) in [6.45, 7) is 4.94. The predicted molar refractivity (Wildman–Crippen MR) is 74.4 cm³/mol. The predicted octanol–water partition coefficient (Wildman–Crippen LogP) is 2.44. The number of rotatable bonds is 6. The lowest BCUT2D eigenvalue weighted by atomic mass is 10.1. The summed E-state index contributed by atoms with van der Waals surface area (Å²) in [5.74, 6) is 0. The Morgan fingerprint density at radius 3 is 2.78 bits per heavy atom. The second kappa shape index (κ2) is 6.47. The fourth-order valence-corrected chi connectivity index (χ4v) is 2.26. The van der Waals surface area contributed by atoms with E-state index in [1.54, 1.807) is 0 Å². The van der Waals surface area contributed by atoms with Gasteiger partial charge in [0.1, 0.15) is 0 Å². The van der Waals surface area contributed by atoms with Crippen molar-refractivity contribution in [1.82, 2.24) is 9.88 Å². The molecule has 0 aliphatic rings. The number of aliphatic hydroxyl groups excluding tert-OH is 1. The van der Waals surface area contributed by atoms with Crippen molar-refractivity contribution in [2.75, 3.05) is 19.7 Å². The molecule has 0 amide bonds. The molecule has 0 unspecified atom stereocenters. The molecule has 1 aromatic heterocycles. The van der Waals surface area contributed by atoms with Crippen molar-refractivity contribution in [1.29, 1.82) is 0 Å². The van der Waals surface area contributed by atoms with Gasteiger partial charge >= 0.3 is 0 Å². The highest BCUT2D eigenvalue weighted by Gasteiger charge is 2.07. The molecule has 0 radical (unpaired) electrons. The second-order valence-corrected chi connectivity index (χ2v) is 4.49. The van der Waals surface area contributed by atoms with Gasteiger partial charge in [0.2, 0.25) is 0 Å². The standard InChI is InChI=1S/C15H20N2O/c1-2-9-17(10-11-18)12-14-6-3-5-13-7-4-8-16-15(13)14/h3-8,18H,2,9-12H2,1H3. The van der Waals surface area contributed by atoms with Crippen LogP contribution in [0, 0.1) is 0 Å². The van der Waals surface area contributed by atoms with E-state index in [-0.39, 0.29) is 6.61 Å². The van der Waals surface area contributed by atoms with Gasteiger partial charge in [0, 0.05) is 24.7 Å². The monoisotopic (exact) mass is 244 g/mol. The Balaban J connectivity index is 2.24. The Morgan fingerprint density at radius 1 is 1.17 bits per heavy atom. The summed E-state index contributed by atoms with van der Waals surface area (Å²) in [6.07, 6.45) is 2.93. The molecule has 0 fully saturated rings. The number of nitrogens with zero attached hydrogens (tertiary/aromatic N) is 2. The number of para-hydroxylation sites is 1. The van der Waals surface area contributed by atoms with Crippen LogP contribution in [0.2, 0.25) is 0 Å². The van der Waals surface area contributed by atoms with Crippen molar-refractivity contribution in [3.8, 4) is 0 Å². The molecule has 2 rings (SSSR count). The van der Waals surface area contributed by atoms with Crippen LogP contribution in [0.3, 0.4) is 0 Å². The first kappa shape index (κ1) is 13.0. The fourth-order valence-electron chi connectivity index (χ4n) is 2.26. The first-order valence-electron chi connectivity index (χ1n) is 6.51. The van der Waals surface area contributed by atoms with Gasteiger partial charge in [0.15, 0.2) is 0 Å². The molecule has 2 aromatic rings. The summed E-state index contributed by atoms with van der Waals surface area (Å²) in [4.78, 5) is 6.73. The minimum absolute atomic E-state index is 0.207. The minimum Gasteiger partial charge on any atom is -0.395 e. The second-order valence-electron chi connectivity index (χ2n) is 4.49. The first-order valence-corrected chi connectivity index (χ1v) is 6.51. The molecule has 96 valence electrons. The van der Waals surface area contributed by atoms with Gasteiger partial charge in [0.25, 0.3) is 0 Å². The highest BCUT2D eigenvalue weighted by Crippen LogP contribution is 2.17. The van der Waals surface area contributed by atoms with Crippen molar-refractivity contribution >= 4 is 10.9 Å². The van der Waals surface area contributed by atoms with E-state index in [0.717, 1.165) is 31.6 Å². The van der Waals surface area contributed by atoms with E-state index in [0.29, 0.717) is 0 Å². The lowest BCUT2D eigenvalue weighted by molar-refractivity contribution is 0.191. The van der Waals surface area contributed by atoms with Crippen molar-refractivity contribution in [3.05, 3.63) is 42.1 Å². The third-order valence-corrected chi connectivity index (χ3v) is 3.07. The van der Waals surface area contributed by atoms with Crippen molar-refractivity contribution in [2.24, 2.45) is 0 Å². The molecule has 0 atom stereocenters. The number of fused-ring (bicyclic) bond motifs is 1. The number of aromatic nitrogens is 1. The topological polar surface area (TPSA) is 36.4 Å². The van der Waals surface area contributed by atoms with Gasteiger partial charge in [-0.3, -0.25) is 9.88 Å². The summed E-state index contributed by atoms with van der Waals surface area (Å²) in [5, 5.41) is 10.3. The smallest absolute Gasteiger partial charge is 0.0746 e. The van der Waals surface area contributed by atoms with E-state index in [1.807, 2.05) is 12.3 Å². The summed E-state index contributed by atoms with van der Waals surface area (Å²) < 4.78 is 0. The normalized spacial score (nSPS) is 11.3. The fraction of sp³-hybridized carbons (Fsp3) is 0.400. The van der Waals surface area contributed by atoms with Gasteiger partial charge in [-0.2, -0.15) is 0 Å². The van der Waals surface area contributed by atoms with Crippen LogP contribution >= 0.6 is 0 Å². The zero-order valence-electron chi connectivity index (χ0n) is 10.8. The lowest BCUT2D eigenvalue weighted by Crippen LogP contribution is -2.27. The van der Waals surface area contributed by atoms with Gasteiger partial charge in [-0.15, -0.1) is 0 Å². The molecule has 0 aliphatic carbocycles. The van der Waals surface area contributed by atoms with Gasteiger partial charge in [-0.1, -0.05) is 31.2 Å². The van der Waals surface area contributed by atoms with Crippen LogP contribution in [0.1, 0.15) is 18.9 Å². The highest BCUT2D eigenvalue weighted by molar-refractivity contribution is 5.81. The Labute approximate surface area is 108 Å². The molecule has 1 heterocycles. The molecule has 3 nitrogen and oxygen atoms in total. The van der Waals surface area contributed by atoms with E-state index in [2.05, 4.69) is 41.1 Å². The summed E-state index contributed by atoms with van der Waals surface area (Å²) in [6, 6.07) is 10.3. The molecule has 0 saturated carbocycles. The molecule has 0 saturated heterocycles. The Hall–Kier alpha value is -1.45. The molecular formula is C15H20N2O. The van der Waals surface area contributed by atoms with E-state index in [1.165, 1.54) is 10.9 Å². The largest absolute Gasteiger partial charge is 0.395 e. The molecule has 18 heavy (non-hydrogen) atoms.